The molecule has 3 atom stereocenters. The molecule has 0 bridgehead atoms. The van der Waals surface area contributed by atoms with E-state index in [1.807, 2.05) is 0 Å². The number of benzene rings is 1. The van der Waals surface area contributed by atoms with Gasteiger partial charge in [0.05, 0.1) is 11.4 Å². The summed E-state index contributed by atoms with van der Waals surface area (Å²) in [5.41, 5.74) is 0.281. The predicted octanol–water partition coefficient (Wildman–Crippen LogP) is 1.46. The molecule has 1 aliphatic carbocycles. The van der Waals surface area contributed by atoms with E-state index in [1.165, 1.54) is 29.2 Å². The maximum atomic E-state index is 13.0. The van der Waals surface area contributed by atoms with Gasteiger partial charge in [-0.15, -0.1) is 6.42 Å². The van der Waals surface area contributed by atoms with Gasteiger partial charge in [0.25, 0.3) is 5.91 Å². The minimum absolute atomic E-state index is 0.000972. The SMILES string of the molecule is C#CCNS(=O)(=O)c1ccc(C(=O)N2C(C(=O)O)CC3CCCCC32)cc1. The van der Waals surface area contributed by atoms with E-state index >= 15 is 0 Å². The van der Waals surface area contributed by atoms with Crippen LogP contribution < -0.4 is 4.72 Å². The van der Waals surface area contributed by atoms with Crippen molar-refractivity contribution in [2.45, 2.75) is 49.1 Å². The molecule has 1 aromatic rings. The number of carboxylic acids is 1. The number of nitrogens with zero attached hydrogens (tertiary/aromatic N) is 1. The summed E-state index contributed by atoms with van der Waals surface area (Å²) in [5, 5.41) is 9.56. The van der Waals surface area contributed by atoms with Gasteiger partial charge in [-0.1, -0.05) is 18.8 Å². The molecule has 1 saturated heterocycles. The number of sulfonamides is 1. The number of hydrogen-bond acceptors (Lipinski definition) is 4. The minimum atomic E-state index is -3.74. The molecular weight excluding hydrogens is 368 g/mol. The summed E-state index contributed by atoms with van der Waals surface area (Å²) >= 11 is 0. The summed E-state index contributed by atoms with van der Waals surface area (Å²) in [6.07, 6.45) is 9.34. The Morgan fingerprint density at radius 2 is 1.89 bits per heavy atom. The zero-order valence-corrected chi connectivity index (χ0v) is 15.6. The van der Waals surface area contributed by atoms with E-state index in [0.29, 0.717) is 6.42 Å². The molecule has 1 saturated carbocycles. The topological polar surface area (TPSA) is 104 Å². The Morgan fingerprint density at radius 1 is 1.22 bits per heavy atom. The Balaban J connectivity index is 1.84. The molecule has 0 spiro atoms. The van der Waals surface area contributed by atoms with Crippen LogP contribution in [0.15, 0.2) is 29.2 Å². The van der Waals surface area contributed by atoms with Gasteiger partial charge in [-0.05, 0) is 49.4 Å². The Morgan fingerprint density at radius 3 is 2.52 bits per heavy atom. The fourth-order valence-corrected chi connectivity index (χ4v) is 5.05. The van der Waals surface area contributed by atoms with E-state index in [0.717, 1.165) is 25.7 Å². The molecule has 3 rings (SSSR count). The summed E-state index contributed by atoms with van der Waals surface area (Å²) in [7, 11) is -3.74. The average Bonchev–Trinajstić information content (AvgIpc) is 3.06. The van der Waals surface area contributed by atoms with Gasteiger partial charge in [-0.25, -0.2) is 13.2 Å². The number of carboxylic acid groups (broad SMARTS) is 1. The van der Waals surface area contributed by atoms with Crippen LogP contribution in [0.1, 0.15) is 42.5 Å². The highest BCUT2D eigenvalue weighted by Gasteiger charge is 2.47. The second-order valence-corrected chi connectivity index (χ2v) is 8.73. The third kappa shape index (κ3) is 3.84. The molecule has 1 aliphatic heterocycles. The molecule has 1 amide bonds. The zero-order chi connectivity index (χ0) is 19.6. The Hall–Kier alpha value is -2.37. The minimum Gasteiger partial charge on any atom is -0.480 e. The third-order valence-corrected chi connectivity index (χ3v) is 6.80. The number of carbonyl (C=O) groups excluding carboxylic acids is 1. The standard InChI is InChI=1S/C19H22N2O5S/c1-2-11-20-27(25,26)15-9-7-13(8-10-15)18(22)21-16-6-4-3-5-14(16)12-17(21)19(23)24/h1,7-10,14,16-17,20H,3-6,11-12H2,(H,23,24). The van der Waals surface area contributed by atoms with Gasteiger partial charge in [0.1, 0.15) is 6.04 Å². The lowest BCUT2D eigenvalue weighted by molar-refractivity contribution is -0.141. The maximum absolute atomic E-state index is 13.0. The van der Waals surface area contributed by atoms with E-state index in [9.17, 15) is 23.1 Å². The van der Waals surface area contributed by atoms with Crippen LogP contribution in [0.25, 0.3) is 0 Å². The molecular formula is C19H22N2O5S. The van der Waals surface area contributed by atoms with Gasteiger partial charge in [-0.2, -0.15) is 4.72 Å². The van der Waals surface area contributed by atoms with E-state index in [2.05, 4.69) is 10.6 Å². The van der Waals surface area contributed by atoms with Crippen molar-refractivity contribution in [3.63, 3.8) is 0 Å². The predicted molar refractivity (Wildman–Crippen MR) is 98.4 cm³/mol. The fraction of sp³-hybridized carbons (Fsp3) is 0.474. The zero-order valence-electron chi connectivity index (χ0n) is 14.8. The molecule has 144 valence electrons. The summed E-state index contributed by atoms with van der Waals surface area (Å²) in [6.45, 7) is -0.125. The van der Waals surface area contributed by atoms with E-state index in [1.54, 1.807) is 0 Å². The molecule has 7 nitrogen and oxygen atoms in total. The second kappa shape index (κ2) is 7.71. The van der Waals surface area contributed by atoms with Crippen molar-refractivity contribution in [3.8, 4) is 12.3 Å². The number of fused-ring (bicyclic) bond motifs is 1. The van der Waals surface area contributed by atoms with Gasteiger partial charge in [-0.3, -0.25) is 4.79 Å². The molecule has 2 fully saturated rings. The molecule has 27 heavy (non-hydrogen) atoms. The Bertz CT molecular complexity index is 872. The highest BCUT2D eigenvalue weighted by Crippen LogP contribution is 2.40. The van der Waals surface area contributed by atoms with Gasteiger partial charge in [0.2, 0.25) is 10.0 Å². The lowest BCUT2D eigenvalue weighted by Crippen LogP contribution is -2.46. The lowest BCUT2D eigenvalue weighted by Gasteiger charge is -2.33. The first-order chi connectivity index (χ1) is 12.8. The van der Waals surface area contributed by atoms with Crippen molar-refractivity contribution in [1.82, 2.24) is 9.62 Å². The first-order valence-corrected chi connectivity index (χ1v) is 10.4. The van der Waals surface area contributed by atoms with Gasteiger partial charge in [0, 0.05) is 11.6 Å². The van der Waals surface area contributed by atoms with Crippen LogP contribution >= 0.6 is 0 Å². The second-order valence-electron chi connectivity index (χ2n) is 6.97. The number of carbonyl (C=O) groups is 2. The third-order valence-electron chi connectivity index (χ3n) is 5.38. The fourth-order valence-electron chi connectivity index (χ4n) is 4.12. The molecule has 0 aromatic heterocycles. The average molecular weight is 390 g/mol. The van der Waals surface area contributed by atoms with Crippen LogP contribution in [0, 0.1) is 18.3 Å². The van der Waals surface area contributed by atoms with Crippen LogP contribution in [0.4, 0.5) is 0 Å². The van der Waals surface area contributed by atoms with Gasteiger partial charge >= 0.3 is 5.97 Å². The van der Waals surface area contributed by atoms with Crippen LogP contribution in [0.5, 0.6) is 0 Å². The van der Waals surface area contributed by atoms with Gasteiger partial charge < -0.3 is 10.0 Å². The summed E-state index contributed by atoms with van der Waals surface area (Å²) < 4.78 is 26.4. The van der Waals surface area contributed by atoms with E-state index < -0.39 is 22.0 Å². The molecule has 3 unspecified atom stereocenters. The van der Waals surface area contributed by atoms with Crippen LogP contribution in [-0.4, -0.2) is 48.9 Å². The Kier molecular flexibility index (Phi) is 5.53. The number of rotatable bonds is 5. The van der Waals surface area contributed by atoms with E-state index in [-0.39, 0.29) is 34.9 Å². The Labute approximate surface area is 158 Å². The first-order valence-electron chi connectivity index (χ1n) is 8.94. The molecule has 1 aromatic carbocycles. The monoisotopic (exact) mass is 390 g/mol. The number of terminal acetylenes is 1. The van der Waals surface area contributed by atoms with Crippen LogP contribution in [-0.2, 0) is 14.8 Å². The highest BCUT2D eigenvalue weighted by atomic mass is 32.2. The molecule has 0 radical (unpaired) electrons. The highest BCUT2D eigenvalue weighted by molar-refractivity contribution is 7.89. The van der Waals surface area contributed by atoms with Crippen molar-refractivity contribution in [1.29, 1.82) is 0 Å². The first kappa shape index (κ1) is 19.4. The smallest absolute Gasteiger partial charge is 0.326 e. The number of hydrogen-bond donors (Lipinski definition) is 2. The van der Waals surface area contributed by atoms with Crippen molar-refractivity contribution in [2.75, 3.05) is 6.54 Å². The van der Waals surface area contributed by atoms with Crippen molar-refractivity contribution >= 4 is 21.9 Å². The summed E-state index contributed by atoms with van der Waals surface area (Å²) in [6, 6.07) is 4.61. The molecule has 2 aliphatic rings. The van der Waals surface area contributed by atoms with Crippen molar-refractivity contribution in [2.24, 2.45) is 5.92 Å². The van der Waals surface area contributed by atoms with Crippen LogP contribution in [0.2, 0.25) is 0 Å². The van der Waals surface area contributed by atoms with Gasteiger partial charge in [0.15, 0.2) is 0 Å². The number of aliphatic carboxylic acids is 1. The maximum Gasteiger partial charge on any atom is 0.326 e. The number of amides is 1. The summed E-state index contributed by atoms with van der Waals surface area (Å²) in [4.78, 5) is 26.2. The van der Waals surface area contributed by atoms with E-state index in [4.69, 9.17) is 6.42 Å². The van der Waals surface area contributed by atoms with Crippen molar-refractivity contribution < 1.29 is 23.1 Å². The number of likely N-dealkylation sites (tertiary alicyclic amines) is 1. The van der Waals surface area contributed by atoms with Crippen molar-refractivity contribution in [3.05, 3.63) is 29.8 Å². The quantitative estimate of drug-likeness (QED) is 0.741. The summed E-state index contributed by atoms with van der Waals surface area (Å²) in [5.74, 6) is 1.06. The molecule has 8 heteroatoms. The number of nitrogens with one attached hydrogen (secondary N) is 1. The largest absolute Gasteiger partial charge is 0.480 e. The lowest BCUT2D eigenvalue weighted by atomic mass is 9.84. The van der Waals surface area contributed by atoms with Crippen LogP contribution in [0.3, 0.4) is 0 Å². The molecule has 1 heterocycles. The normalized spacial score (nSPS) is 24.9. The molecule has 2 N–H and O–H groups in total.